The molecular formula is C18H16N4O3. The van der Waals surface area contributed by atoms with Crippen LogP contribution in [0.4, 0.5) is 0 Å². The Morgan fingerprint density at radius 3 is 2.64 bits per heavy atom. The second-order valence-corrected chi connectivity index (χ2v) is 5.46. The van der Waals surface area contributed by atoms with Crippen molar-refractivity contribution in [3.63, 3.8) is 0 Å². The maximum Gasteiger partial charge on any atom is 0.330 e. The van der Waals surface area contributed by atoms with Crippen LogP contribution >= 0.6 is 0 Å². The lowest BCUT2D eigenvalue weighted by Crippen LogP contribution is -2.19. The highest BCUT2D eigenvalue weighted by Gasteiger charge is 2.13. The van der Waals surface area contributed by atoms with E-state index in [4.69, 9.17) is 4.74 Å². The molecule has 3 rings (SSSR count). The molecule has 7 heteroatoms. The van der Waals surface area contributed by atoms with Crippen molar-refractivity contribution in [1.29, 1.82) is 0 Å². The average Bonchev–Trinajstić information content (AvgIpc) is 3.09. The van der Waals surface area contributed by atoms with E-state index in [0.29, 0.717) is 11.4 Å². The van der Waals surface area contributed by atoms with E-state index in [9.17, 15) is 9.59 Å². The Balaban J connectivity index is 1.56. The molecule has 0 saturated heterocycles. The Morgan fingerprint density at radius 1 is 1.08 bits per heavy atom. The number of hydrogen-bond donors (Lipinski definition) is 0. The Morgan fingerprint density at radius 2 is 1.88 bits per heavy atom. The summed E-state index contributed by atoms with van der Waals surface area (Å²) in [6.07, 6.45) is 0. The maximum absolute atomic E-state index is 11.9. The molecule has 7 nitrogen and oxygen atoms in total. The fraction of sp³-hybridized carbons (Fsp3) is 0.167. The van der Waals surface area contributed by atoms with E-state index in [1.807, 2.05) is 37.3 Å². The molecular weight excluding hydrogens is 320 g/mol. The lowest BCUT2D eigenvalue weighted by Gasteiger charge is -2.03. The van der Waals surface area contributed by atoms with Gasteiger partial charge in [-0.15, -0.1) is 10.2 Å². The van der Waals surface area contributed by atoms with Crippen molar-refractivity contribution in [1.82, 2.24) is 20.2 Å². The molecule has 0 bridgehead atoms. The molecule has 0 fully saturated rings. The first-order valence-electron chi connectivity index (χ1n) is 7.70. The topological polar surface area (TPSA) is 87.0 Å². The third kappa shape index (κ3) is 4.35. The van der Waals surface area contributed by atoms with Crippen LogP contribution < -0.4 is 0 Å². The molecule has 0 spiro atoms. The minimum absolute atomic E-state index is 0.207. The number of carbonyl (C=O) groups excluding carboxylic acids is 2. The summed E-state index contributed by atoms with van der Waals surface area (Å²) in [5, 5.41) is 11.9. The number of aromatic nitrogens is 4. The number of rotatable bonds is 6. The molecule has 0 amide bonds. The lowest BCUT2D eigenvalue weighted by molar-refractivity contribution is -0.143. The van der Waals surface area contributed by atoms with Gasteiger partial charge in [0.05, 0.1) is 0 Å². The van der Waals surface area contributed by atoms with Crippen LogP contribution in [0.2, 0.25) is 0 Å². The fourth-order valence-electron chi connectivity index (χ4n) is 2.22. The van der Waals surface area contributed by atoms with E-state index >= 15 is 0 Å². The quantitative estimate of drug-likeness (QED) is 0.506. The number of Topliss-reactive ketones (excluding diaryl/α,β-unsaturated/α-hetero) is 1. The third-order valence-corrected chi connectivity index (χ3v) is 3.46. The van der Waals surface area contributed by atoms with Crippen LogP contribution in [0.25, 0.3) is 11.4 Å². The number of ketones is 1. The van der Waals surface area contributed by atoms with E-state index in [1.54, 1.807) is 24.3 Å². The molecule has 0 N–H and O–H groups in total. The number of hydrogen-bond acceptors (Lipinski definition) is 6. The second-order valence-electron chi connectivity index (χ2n) is 5.46. The molecule has 0 unspecified atom stereocenters. The third-order valence-electron chi connectivity index (χ3n) is 3.46. The first-order valence-corrected chi connectivity index (χ1v) is 7.70. The van der Waals surface area contributed by atoms with Gasteiger partial charge in [0.2, 0.25) is 5.82 Å². The number of aryl methyl sites for hydroxylation is 1. The van der Waals surface area contributed by atoms with Gasteiger partial charge in [-0.2, -0.15) is 4.80 Å². The van der Waals surface area contributed by atoms with E-state index in [0.717, 1.165) is 15.9 Å². The molecule has 3 aromatic rings. The van der Waals surface area contributed by atoms with Crippen molar-refractivity contribution in [2.45, 2.75) is 13.5 Å². The Bertz CT molecular complexity index is 890. The summed E-state index contributed by atoms with van der Waals surface area (Å²) < 4.78 is 4.98. The van der Waals surface area contributed by atoms with Crippen molar-refractivity contribution in [2.24, 2.45) is 0 Å². The largest absolute Gasteiger partial charge is 0.456 e. The van der Waals surface area contributed by atoms with E-state index in [1.165, 1.54) is 0 Å². The summed E-state index contributed by atoms with van der Waals surface area (Å²) in [7, 11) is 0. The van der Waals surface area contributed by atoms with Crippen molar-refractivity contribution in [2.75, 3.05) is 6.61 Å². The standard InChI is InChI=1S/C18H16N4O3/c1-13-6-5-9-15(10-13)18-19-21-22(20-18)11-17(24)25-12-16(23)14-7-3-2-4-8-14/h2-10H,11-12H2,1H3. The van der Waals surface area contributed by atoms with Gasteiger partial charge in [0.25, 0.3) is 0 Å². The number of tetrazole rings is 1. The van der Waals surface area contributed by atoms with Crippen LogP contribution in [0.5, 0.6) is 0 Å². The van der Waals surface area contributed by atoms with Gasteiger partial charge in [0.1, 0.15) is 0 Å². The predicted molar refractivity (Wildman–Crippen MR) is 89.7 cm³/mol. The molecule has 1 heterocycles. The van der Waals surface area contributed by atoms with Gasteiger partial charge in [0.15, 0.2) is 18.9 Å². The highest BCUT2D eigenvalue weighted by Crippen LogP contribution is 2.14. The summed E-state index contributed by atoms with van der Waals surface area (Å²) >= 11 is 0. The Labute approximate surface area is 144 Å². The first-order chi connectivity index (χ1) is 12.1. The Hall–Kier alpha value is -3.35. The zero-order valence-electron chi connectivity index (χ0n) is 13.6. The summed E-state index contributed by atoms with van der Waals surface area (Å²) in [4.78, 5) is 24.9. The molecule has 0 aliphatic heterocycles. The number of benzene rings is 2. The first kappa shape index (κ1) is 16.5. The highest BCUT2D eigenvalue weighted by atomic mass is 16.5. The number of esters is 1. The van der Waals surface area contributed by atoms with Crippen LogP contribution in [0, 0.1) is 6.92 Å². The number of carbonyl (C=O) groups is 2. The van der Waals surface area contributed by atoms with Gasteiger partial charge in [-0.05, 0) is 18.2 Å². The van der Waals surface area contributed by atoms with Crippen LogP contribution in [-0.4, -0.2) is 38.6 Å². The van der Waals surface area contributed by atoms with Gasteiger partial charge < -0.3 is 4.74 Å². The molecule has 25 heavy (non-hydrogen) atoms. The molecule has 0 radical (unpaired) electrons. The zero-order valence-corrected chi connectivity index (χ0v) is 13.6. The summed E-state index contributed by atoms with van der Waals surface area (Å²) in [6, 6.07) is 16.3. The molecule has 0 saturated carbocycles. The summed E-state index contributed by atoms with van der Waals surface area (Å²) in [6.45, 7) is 1.44. The molecule has 2 aromatic carbocycles. The molecule has 0 aliphatic carbocycles. The molecule has 0 aliphatic rings. The van der Waals surface area contributed by atoms with Crippen LogP contribution in [0.3, 0.4) is 0 Å². The molecule has 0 atom stereocenters. The molecule has 126 valence electrons. The lowest BCUT2D eigenvalue weighted by atomic mass is 10.1. The van der Waals surface area contributed by atoms with Crippen LogP contribution in [0.1, 0.15) is 15.9 Å². The van der Waals surface area contributed by atoms with Crippen LogP contribution in [-0.2, 0) is 16.1 Å². The van der Waals surface area contributed by atoms with E-state index in [2.05, 4.69) is 15.4 Å². The van der Waals surface area contributed by atoms with Crippen molar-refractivity contribution >= 4 is 11.8 Å². The van der Waals surface area contributed by atoms with Crippen LogP contribution in [0.15, 0.2) is 54.6 Å². The van der Waals surface area contributed by atoms with Crippen molar-refractivity contribution in [3.05, 3.63) is 65.7 Å². The summed E-state index contributed by atoms with van der Waals surface area (Å²) in [5.74, 6) is -0.435. The van der Waals surface area contributed by atoms with Crippen molar-refractivity contribution in [3.8, 4) is 11.4 Å². The number of ether oxygens (including phenoxy) is 1. The predicted octanol–water partition coefficient (Wildman–Crippen LogP) is 2.07. The molecule has 1 aromatic heterocycles. The average molecular weight is 336 g/mol. The fourth-order valence-corrected chi connectivity index (χ4v) is 2.22. The SMILES string of the molecule is Cc1cccc(-c2nnn(CC(=O)OCC(=O)c3ccccc3)n2)c1. The minimum Gasteiger partial charge on any atom is -0.456 e. The Kier molecular flexibility index (Phi) is 4.94. The van der Waals surface area contributed by atoms with Gasteiger partial charge in [0, 0.05) is 11.1 Å². The van der Waals surface area contributed by atoms with Crippen molar-refractivity contribution < 1.29 is 14.3 Å². The second kappa shape index (κ2) is 7.48. The maximum atomic E-state index is 11.9. The highest BCUT2D eigenvalue weighted by molar-refractivity contribution is 5.97. The van der Waals surface area contributed by atoms with Gasteiger partial charge in [-0.1, -0.05) is 54.1 Å². The van der Waals surface area contributed by atoms with Gasteiger partial charge in [-0.3, -0.25) is 4.79 Å². The van der Waals surface area contributed by atoms with Gasteiger partial charge in [-0.25, -0.2) is 4.79 Å². The monoisotopic (exact) mass is 336 g/mol. The zero-order chi connectivity index (χ0) is 17.6. The van der Waals surface area contributed by atoms with E-state index < -0.39 is 5.97 Å². The smallest absolute Gasteiger partial charge is 0.330 e. The normalized spacial score (nSPS) is 10.4. The minimum atomic E-state index is -0.600. The van der Waals surface area contributed by atoms with E-state index in [-0.39, 0.29) is 18.9 Å². The number of nitrogens with zero attached hydrogens (tertiary/aromatic N) is 4. The summed E-state index contributed by atoms with van der Waals surface area (Å²) in [5.41, 5.74) is 2.39. The van der Waals surface area contributed by atoms with Gasteiger partial charge >= 0.3 is 5.97 Å².